The fourth-order valence-corrected chi connectivity index (χ4v) is 8.27. The third kappa shape index (κ3) is 2.56. The van der Waals surface area contributed by atoms with E-state index in [-0.39, 0.29) is 0 Å². The van der Waals surface area contributed by atoms with E-state index in [2.05, 4.69) is 151 Å². The van der Waals surface area contributed by atoms with E-state index >= 15 is 0 Å². The molecule has 0 amide bonds. The van der Waals surface area contributed by atoms with Gasteiger partial charge in [0.1, 0.15) is 0 Å². The van der Waals surface area contributed by atoms with Gasteiger partial charge in [0.2, 0.25) is 0 Å². The second kappa shape index (κ2) is 7.87. The first-order valence-electron chi connectivity index (χ1n) is 14.7. The number of aromatic amines is 1. The van der Waals surface area contributed by atoms with Crippen molar-refractivity contribution in [2.45, 2.75) is 5.41 Å². The van der Waals surface area contributed by atoms with Crippen molar-refractivity contribution in [3.05, 3.63) is 168 Å². The number of rotatable bonds is 1. The van der Waals surface area contributed by atoms with Gasteiger partial charge in [-0.1, -0.05) is 140 Å². The molecule has 0 aliphatic heterocycles. The highest BCUT2D eigenvalue weighted by atomic mass is 14.7. The SMILES string of the molecule is c1ccc(-c2ccc3c(c2)[nH]c2c4c(c5ccccc5c23)-c2ccccc2C42c3ccccc3-c3ccccc32)cc1. The fourth-order valence-electron chi connectivity index (χ4n) is 8.27. The van der Waals surface area contributed by atoms with E-state index in [9.17, 15) is 0 Å². The molecule has 0 fully saturated rings. The molecule has 1 N–H and O–H groups in total. The van der Waals surface area contributed by atoms with E-state index in [1.807, 2.05) is 0 Å². The Labute approximate surface area is 243 Å². The maximum absolute atomic E-state index is 4.03. The minimum atomic E-state index is -0.398. The standard InChI is InChI=1S/C41H25N/c1-2-12-25(13-3-1)26-22-23-32-36(24-26)42-40-38(32)30-17-5-4-16-29(30)37-31-18-8-11-21-35(31)41(39(37)40)33-19-9-6-14-27(33)28-15-7-10-20-34(28)41/h1-24,42H. The molecule has 0 saturated heterocycles. The van der Waals surface area contributed by atoms with Gasteiger partial charge in [0.25, 0.3) is 0 Å². The fraction of sp³-hybridized carbons (Fsp3) is 0.0244. The lowest BCUT2D eigenvalue weighted by atomic mass is 9.70. The average Bonchev–Trinajstić information content (AvgIpc) is 3.69. The Morgan fingerprint density at radius 2 is 1.00 bits per heavy atom. The zero-order valence-electron chi connectivity index (χ0n) is 22.9. The Kier molecular flexibility index (Phi) is 4.18. The zero-order valence-corrected chi connectivity index (χ0v) is 22.9. The summed E-state index contributed by atoms with van der Waals surface area (Å²) in [5.41, 5.74) is 15.3. The van der Waals surface area contributed by atoms with E-state index in [1.54, 1.807) is 0 Å². The van der Waals surface area contributed by atoms with Crippen LogP contribution >= 0.6 is 0 Å². The summed E-state index contributed by atoms with van der Waals surface area (Å²) < 4.78 is 0. The summed E-state index contributed by atoms with van der Waals surface area (Å²) in [6.07, 6.45) is 0. The van der Waals surface area contributed by atoms with Gasteiger partial charge in [-0.15, -0.1) is 0 Å². The third-order valence-corrected chi connectivity index (χ3v) is 9.80. The van der Waals surface area contributed by atoms with Gasteiger partial charge < -0.3 is 4.98 Å². The number of hydrogen-bond donors (Lipinski definition) is 1. The maximum atomic E-state index is 4.03. The quantitative estimate of drug-likeness (QED) is 0.217. The van der Waals surface area contributed by atoms with Crippen LogP contribution in [0.3, 0.4) is 0 Å². The highest BCUT2D eigenvalue weighted by molar-refractivity contribution is 6.27. The lowest BCUT2D eigenvalue weighted by Crippen LogP contribution is -2.26. The Hall–Kier alpha value is -5.40. The molecule has 194 valence electrons. The lowest BCUT2D eigenvalue weighted by molar-refractivity contribution is 0.800. The van der Waals surface area contributed by atoms with Crippen LogP contribution < -0.4 is 0 Å². The number of fused-ring (bicyclic) bond motifs is 17. The summed E-state index contributed by atoms with van der Waals surface area (Å²) in [4.78, 5) is 4.03. The molecule has 8 aromatic rings. The molecule has 2 aliphatic rings. The molecular formula is C41H25N. The molecule has 42 heavy (non-hydrogen) atoms. The topological polar surface area (TPSA) is 15.8 Å². The summed E-state index contributed by atoms with van der Waals surface area (Å²) in [6, 6.07) is 53.8. The van der Waals surface area contributed by atoms with Gasteiger partial charge in [0.05, 0.1) is 10.9 Å². The van der Waals surface area contributed by atoms with Crippen LogP contribution in [0.1, 0.15) is 22.3 Å². The molecule has 1 heteroatoms. The molecule has 1 spiro atoms. The van der Waals surface area contributed by atoms with Crippen LogP contribution in [0.4, 0.5) is 0 Å². The van der Waals surface area contributed by atoms with E-state index in [0.717, 1.165) is 0 Å². The molecule has 1 aromatic heterocycles. The van der Waals surface area contributed by atoms with Gasteiger partial charge in [-0.2, -0.15) is 0 Å². The highest BCUT2D eigenvalue weighted by Gasteiger charge is 2.53. The van der Waals surface area contributed by atoms with Crippen LogP contribution in [-0.2, 0) is 5.41 Å². The Bertz CT molecular complexity index is 2360. The molecule has 7 aromatic carbocycles. The summed E-state index contributed by atoms with van der Waals surface area (Å²) in [5.74, 6) is 0. The molecule has 10 rings (SSSR count). The summed E-state index contributed by atoms with van der Waals surface area (Å²) in [7, 11) is 0. The largest absolute Gasteiger partial charge is 0.354 e. The Morgan fingerprint density at radius 1 is 0.429 bits per heavy atom. The summed E-state index contributed by atoms with van der Waals surface area (Å²) in [6.45, 7) is 0. The van der Waals surface area contributed by atoms with Crippen LogP contribution in [0.15, 0.2) is 146 Å². The van der Waals surface area contributed by atoms with Crippen molar-refractivity contribution in [2.75, 3.05) is 0 Å². The summed E-state index contributed by atoms with van der Waals surface area (Å²) >= 11 is 0. The average molecular weight is 532 g/mol. The monoisotopic (exact) mass is 531 g/mol. The van der Waals surface area contributed by atoms with Gasteiger partial charge in [0, 0.05) is 21.9 Å². The molecular weight excluding hydrogens is 506 g/mol. The van der Waals surface area contributed by atoms with Gasteiger partial charge in [-0.25, -0.2) is 0 Å². The molecule has 0 saturated carbocycles. The second-order valence-electron chi connectivity index (χ2n) is 11.7. The van der Waals surface area contributed by atoms with Crippen LogP contribution in [0.25, 0.3) is 66.0 Å². The van der Waals surface area contributed by atoms with Crippen molar-refractivity contribution >= 4 is 32.6 Å². The van der Waals surface area contributed by atoms with Crippen molar-refractivity contribution < 1.29 is 0 Å². The van der Waals surface area contributed by atoms with Crippen molar-refractivity contribution in [3.63, 3.8) is 0 Å². The number of H-pyrrole nitrogens is 1. The van der Waals surface area contributed by atoms with E-state index in [0.29, 0.717) is 0 Å². The predicted molar refractivity (Wildman–Crippen MR) is 175 cm³/mol. The van der Waals surface area contributed by atoms with E-state index in [1.165, 1.54) is 88.2 Å². The van der Waals surface area contributed by atoms with E-state index < -0.39 is 5.41 Å². The molecule has 2 aliphatic carbocycles. The lowest BCUT2D eigenvalue weighted by Gasteiger charge is -2.31. The summed E-state index contributed by atoms with van der Waals surface area (Å²) in [5, 5.41) is 5.21. The molecule has 1 nitrogen and oxygen atoms in total. The van der Waals surface area contributed by atoms with E-state index in [4.69, 9.17) is 0 Å². The predicted octanol–water partition coefficient (Wildman–Crippen LogP) is 10.5. The first-order valence-corrected chi connectivity index (χ1v) is 14.7. The Morgan fingerprint density at radius 3 is 1.71 bits per heavy atom. The maximum Gasteiger partial charge on any atom is 0.0746 e. The highest BCUT2D eigenvalue weighted by Crippen LogP contribution is 2.65. The molecule has 0 atom stereocenters. The molecule has 1 heterocycles. The van der Waals surface area contributed by atoms with Gasteiger partial charge in [-0.3, -0.25) is 0 Å². The van der Waals surface area contributed by atoms with Crippen LogP contribution in [0, 0.1) is 0 Å². The Balaban J connectivity index is 1.45. The normalized spacial score (nSPS) is 13.9. The number of benzene rings is 7. The van der Waals surface area contributed by atoms with Crippen molar-refractivity contribution in [1.82, 2.24) is 4.98 Å². The van der Waals surface area contributed by atoms with Gasteiger partial charge in [0.15, 0.2) is 0 Å². The van der Waals surface area contributed by atoms with Crippen LogP contribution in [0.5, 0.6) is 0 Å². The van der Waals surface area contributed by atoms with Crippen molar-refractivity contribution in [3.8, 4) is 33.4 Å². The number of nitrogens with one attached hydrogen (secondary N) is 1. The zero-order chi connectivity index (χ0) is 27.4. The third-order valence-electron chi connectivity index (χ3n) is 9.80. The first kappa shape index (κ1) is 22.3. The van der Waals surface area contributed by atoms with Crippen molar-refractivity contribution in [1.29, 1.82) is 0 Å². The van der Waals surface area contributed by atoms with Crippen LogP contribution in [0.2, 0.25) is 0 Å². The minimum absolute atomic E-state index is 0.398. The molecule has 0 unspecified atom stereocenters. The first-order chi connectivity index (χ1) is 20.9. The van der Waals surface area contributed by atoms with Crippen LogP contribution in [-0.4, -0.2) is 4.98 Å². The van der Waals surface area contributed by atoms with Gasteiger partial charge >= 0.3 is 0 Å². The van der Waals surface area contributed by atoms with Gasteiger partial charge in [-0.05, 0) is 66.9 Å². The van der Waals surface area contributed by atoms with Crippen molar-refractivity contribution in [2.24, 2.45) is 0 Å². The molecule has 0 radical (unpaired) electrons. The smallest absolute Gasteiger partial charge is 0.0746 e. The number of hydrogen-bond acceptors (Lipinski definition) is 0. The number of aromatic nitrogens is 1. The second-order valence-corrected chi connectivity index (χ2v) is 11.7. The minimum Gasteiger partial charge on any atom is -0.354 e. The molecule has 0 bridgehead atoms.